The highest BCUT2D eigenvalue weighted by Crippen LogP contribution is 2.18. The van der Waals surface area contributed by atoms with Crippen molar-refractivity contribution in [2.75, 3.05) is 17.2 Å². The van der Waals surface area contributed by atoms with Crippen molar-refractivity contribution in [3.8, 4) is 5.75 Å². The van der Waals surface area contributed by atoms with Crippen LogP contribution in [0.2, 0.25) is 5.02 Å². The van der Waals surface area contributed by atoms with E-state index >= 15 is 0 Å². The molecule has 0 bridgehead atoms. The molecule has 6 heteroatoms. The number of anilines is 2. The molecular formula is C24H23ClN2O3. The Morgan fingerprint density at radius 1 is 0.833 bits per heavy atom. The summed E-state index contributed by atoms with van der Waals surface area (Å²) in [6.45, 7) is 4.79. The molecule has 0 saturated heterocycles. The molecule has 0 fully saturated rings. The molecule has 5 nitrogen and oxygen atoms in total. The van der Waals surface area contributed by atoms with E-state index in [2.05, 4.69) is 24.5 Å². The minimum absolute atomic E-state index is 0.221. The molecule has 0 spiro atoms. The van der Waals surface area contributed by atoms with E-state index in [1.54, 1.807) is 72.8 Å². The van der Waals surface area contributed by atoms with Gasteiger partial charge in [-0.25, -0.2) is 0 Å². The molecule has 0 heterocycles. The summed E-state index contributed by atoms with van der Waals surface area (Å²) >= 11 is 5.92. The Hall–Kier alpha value is -3.31. The Morgan fingerprint density at radius 2 is 1.40 bits per heavy atom. The smallest absolute Gasteiger partial charge is 0.255 e. The van der Waals surface area contributed by atoms with Crippen LogP contribution in [0.4, 0.5) is 11.4 Å². The van der Waals surface area contributed by atoms with Gasteiger partial charge in [-0.3, -0.25) is 9.59 Å². The van der Waals surface area contributed by atoms with Crippen LogP contribution in [0.25, 0.3) is 0 Å². The first-order valence-electron chi connectivity index (χ1n) is 9.62. The maximum absolute atomic E-state index is 12.4. The fourth-order valence-electron chi connectivity index (χ4n) is 2.64. The summed E-state index contributed by atoms with van der Waals surface area (Å²) in [6, 6.07) is 20.6. The third-order valence-corrected chi connectivity index (χ3v) is 4.42. The number of benzene rings is 3. The topological polar surface area (TPSA) is 67.4 Å². The van der Waals surface area contributed by atoms with Crippen molar-refractivity contribution in [1.29, 1.82) is 0 Å². The lowest BCUT2D eigenvalue weighted by molar-refractivity contribution is 0.101. The molecule has 0 aromatic heterocycles. The summed E-state index contributed by atoms with van der Waals surface area (Å²) < 4.78 is 5.63. The van der Waals surface area contributed by atoms with Gasteiger partial charge in [0.25, 0.3) is 11.8 Å². The van der Waals surface area contributed by atoms with E-state index in [9.17, 15) is 9.59 Å². The highest BCUT2D eigenvalue weighted by Gasteiger charge is 2.09. The Kier molecular flexibility index (Phi) is 7.09. The first-order valence-corrected chi connectivity index (χ1v) is 10.00. The summed E-state index contributed by atoms with van der Waals surface area (Å²) in [5.41, 5.74) is 2.25. The van der Waals surface area contributed by atoms with Gasteiger partial charge in [-0.2, -0.15) is 0 Å². The molecule has 2 amide bonds. The number of ether oxygens (including phenoxy) is 1. The largest absolute Gasteiger partial charge is 0.493 e. The molecule has 154 valence electrons. The number of amides is 2. The molecule has 3 aromatic rings. The maximum atomic E-state index is 12.4. The third kappa shape index (κ3) is 6.09. The van der Waals surface area contributed by atoms with Gasteiger partial charge in [0.05, 0.1) is 6.61 Å². The van der Waals surface area contributed by atoms with E-state index in [-0.39, 0.29) is 11.8 Å². The maximum Gasteiger partial charge on any atom is 0.255 e. The lowest BCUT2D eigenvalue weighted by Crippen LogP contribution is -2.13. The van der Waals surface area contributed by atoms with Crippen LogP contribution in [0.5, 0.6) is 5.75 Å². The van der Waals surface area contributed by atoms with Crippen LogP contribution in [0.15, 0.2) is 72.8 Å². The number of nitrogens with one attached hydrogen (secondary N) is 2. The molecule has 30 heavy (non-hydrogen) atoms. The lowest BCUT2D eigenvalue weighted by Gasteiger charge is -2.10. The van der Waals surface area contributed by atoms with E-state index < -0.39 is 0 Å². The van der Waals surface area contributed by atoms with Crippen LogP contribution >= 0.6 is 11.6 Å². The molecule has 0 atom stereocenters. The second-order valence-electron chi connectivity index (χ2n) is 7.23. The van der Waals surface area contributed by atoms with Crippen LogP contribution in [0.1, 0.15) is 34.6 Å². The molecule has 0 unspecified atom stereocenters. The van der Waals surface area contributed by atoms with E-state index in [0.717, 1.165) is 5.75 Å². The predicted molar refractivity (Wildman–Crippen MR) is 121 cm³/mol. The Balaban J connectivity index is 1.57. The summed E-state index contributed by atoms with van der Waals surface area (Å²) in [7, 11) is 0. The first-order chi connectivity index (χ1) is 14.4. The van der Waals surface area contributed by atoms with Gasteiger partial charge in [-0.05, 0) is 72.6 Å². The summed E-state index contributed by atoms with van der Waals surface area (Å²) in [4.78, 5) is 24.7. The van der Waals surface area contributed by atoms with Gasteiger partial charge in [0.2, 0.25) is 0 Å². The number of halogens is 1. The zero-order chi connectivity index (χ0) is 21.5. The normalized spacial score (nSPS) is 10.5. The van der Waals surface area contributed by atoms with E-state index in [1.165, 1.54) is 0 Å². The summed E-state index contributed by atoms with van der Waals surface area (Å²) in [5.74, 6) is 0.696. The molecule has 0 aliphatic carbocycles. The van der Waals surface area contributed by atoms with Crippen molar-refractivity contribution in [2.24, 2.45) is 5.92 Å². The highest BCUT2D eigenvalue weighted by atomic mass is 35.5. The van der Waals surface area contributed by atoms with Crippen molar-refractivity contribution in [1.82, 2.24) is 0 Å². The average Bonchev–Trinajstić information content (AvgIpc) is 2.74. The van der Waals surface area contributed by atoms with Gasteiger partial charge in [-0.15, -0.1) is 0 Å². The molecule has 3 aromatic carbocycles. The van der Waals surface area contributed by atoms with Crippen LogP contribution in [-0.4, -0.2) is 18.4 Å². The summed E-state index contributed by atoms with van der Waals surface area (Å²) in [6.07, 6.45) is 0. The van der Waals surface area contributed by atoms with E-state index in [1.807, 2.05) is 0 Å². The minimum atomic E-state index is -0.255. The van der Waals surface area contributed by atoms with Crippen molar-refractivity contribution in [2.45, 2.75) is 13.8 Å². The molecule has 0 aliphatic heterocycles. The number of carbonyl (C=O) groups is 2. The highest BCUT2D eigenvalue weighted by molar-refractivity contribution is 6.31. The zero-order valence-corrected chi connectivity index (χ0v) is 17.6. The van der Waals surface area contributed by atoms with Crippen molar-refractivity contribution < 1.29 is 14.3 Å². The predicted octanol–water partition coefficient (Wildman–Crippen LogP) is 5.88. The van der Waals surface area contributed by atoms with Gasteiger partial charge in [0.15, 0.2) is 0 Å². The van der Waals surface area contributed by atoms with E-state index in [0.29, 0.717) is 40.0 Å². The molecule has 2 N–H and O–H groups in total. The van der Waals surface area contributed by atoms with Gasteiger partial charge in [0, 0.05) is 27.5 Å². The monoisotopic (exact) mass is 422 g/mol. The van der Waals surface area contributed by atoms with Crippen LogP contribution in [-0.2, 0) is 0 Å². The average molecular weight is 423 g/mol. The molecule has 0 radical (unpaired) electrons. The minimum Gasteiger partial charge on any atom is -0.493 e. The third-order valence-electron chi connectivity index (χ3n) is 4.19. The molecular weight excluding hydrogens is 400 g/mol. The number of hydrogen-bond donors (Lipinski definition) is 2. The van der Waals surface area contributed by atoms with Crippen LogP contribution in [0.3, 0.4) is 0 Å². The van der Waals surface area contributed by atoms with Gasteiger partial charge in [0.1, 0.15) is 5.75 Å². The molecule has 0 aliphatic rings. The van der Waals surface area contributed by atoms with Gasteiger partial charge >= 0.3 is 0 Å². The van der Waals surface area contributed by atoms with Crippen molar-refractivity contribution in [3.05, 3.63) is 88.9 Å². The number of hydrogen-bond acceptors (Lipinski definition) is 3. The fraction of sp³-hybridized carbons (Fsp3) is 0.167. The second kappa shape index (κ2) is 9.94. The second-order valence-corrected chi connectivity index (χ2v) is 7.66. The SMILES string of the molecule is CC(C)COc1ccc(C(=O)Nc2ccc(NC(=O)c3cccc(Cl)c3)cc2)cc1. The van der Waals surface area contributed by atoms with Crippen LogP contribution < -0.4 is 15.4 Å². The quantitative estimate of drug-likeness (QED) is 0.499. The van der Waals surface area contributed by atoms with Crippen LogP contribution in [0, 0.1) is 5.92 Å². The van der Waals surface area contributed by atoms with E-state index in [4.69, 9.17) is 16.3 Å². The van der Waals surface area contributed by atoms with Crippen molar-refractivity contribution >= 4 is 34.8 Å². The Morgan fingerprint density at radius 3 is 1.93 bits per heavy atom. The summed E-state index contributed by atoms with van der Waals surface area (Å²) in [5, 5.41) is 6.14. The van der Waals surface area contributed by atoms with Gasteiger partial charge in [-0.1, -0.05) is 31.5 Å². The van der Waals surface area contributed by atoms with Gasteiger partial charge < -0.3 is 15.4 Å². The fourth-order valence-corrected chi connectivity index (χ4v) is 2.83. The lowest BCUT2D eigenvalue weighted by atomic mass is 10.2. The Labute approximate surface area is 181 Å². The number of carbonyl (C=O) groups excluding carboxylic acids is 2. The Bertz CT molecular complexity index is 1020. The molecule has 0 saturated carbocycles. The number of rotatable bonds is 7. The standard InChI is InChI=1S/C24H23ClN2O3/c1-16(2)15-30-22-12-6-17(7-13-22)23(28)26-20-8-10-21(11-9-20)27-24(29)18-4-3-5-19(25)14-18/h3-14,16H,15H2,1-2H3,(H,26,28)(H,27,29). The molecule has 3 rings (SSSR count). The zero-order valence-electron chi connectivity index (χ0n) is 16.8. The van der Waals surface area contributed by atoms with Crippen molar-refractivity contribution in [3.63, 3.8) is 0 Å². The first kappa shape index (κ1) is 21.4.